The molecular weight excluding hydrogens is 208 g/mol. The summed E-state index contributed by atoms with van der Waals surface area (Å²) in [6.07, 6.45) is 3.12. The van der Waals surface area contributed by atoms with E-state index in [1.54, 1.807) is 33.5 Å². The number of Topliss-reactive ketones (excluding diaryl/α,β-unsaturated/α-hetero) is 1. The first-order valence-electron chi connectivity index (χ1n) is 5.06. The number of hydrogen-bond acceptors (Lipinski definition) is 4. The number of allylic oxidation sites excluding steroid dienone is 2. The Hall–Kier alpha value is -1.13. The van der Waals surface area contributed by atoms with E-state index in [0.29, 0.717) is 11.3 Å². The molecular formula is C12H18O4. The molecule has 0 aliphatic heterocycles. The Morgan fingerprint density at radius 2 is 2.00 bits per heavy atom. The molecule has 1 aliphatic carbocycles. The first-order chi connectivity index (χ1) is 7.49. The van der Waals surface area contributed by atoms with Crippen molar-refractivity contribution in [2.75, 3.05) is 21.3 Å². The van der Waals surface area contributed by atoms with Crippen molar-refractivity contribution in [1.82, 2.24) is 0 Å². The van der Waals surface area contributed by atoms with Crippen molar-refractivity contribution in [2.24, 2.45) is 0 Å². The smallest absolute Gasteiger partial charge is 0.159 e. The van der Waals surface area contributed by atoms with Crippen molar-refractivity contribution in [2.45, 2.75) is 25.6 Å². The van der Waals surface area contributed by atoms with Crippen molar-refractivity contribution >= 4 is 5.78 Å². The number of methoxy groups -OCH3 is 3. The molecule has 2 atom stereocenters. The zero-order valence-electron chi connectivity index (χ0n) is 10.4. The zero-order valence-corrected chi connectivity index (χ0v) is 10.4. The van der Waals surface area contributed by atoms with Crippen molar-refractivity contribution in [1.29, 1.82) is 0 Å². The van der Waals surface area contributed by atoms with Gasteiger partial charge in [0.2, 0.25) is 0 Å². The highest BCUT2D eigenvalue weighted by Gasteiger charge is 2.41. The van der Waals surface area contributed by atoms with Crippen LogP contribution in [0, 0.1) is 0 Å². The molecule has 1 rings (SSSR count). The third-order valence-corrected chi connectivity index (χ3v) is 2.95. The second-order valence-electron chi connectivity index (χ2n) is 3.86. The molecule has 0 saturated heterocycles. The van der Waals surface area contributed by atoms with E-state index in [1.807, 2.05) is 6.92 Å². The van der Waals surface area contributed by atoms with Crippen LogP contribution in [0.5, 0.6) is 0 Å². The largest absolute Gasteiger partial charge is 0.498 e. The number of carbonyl (C=O) groups is 1. The van der Waals surface area contributed by atoms with E-state index >= 15 is 0 Å². The highest BCUT2D eigenvalue weighted by atomic mass is 16.6. The Bertz CT molecular complexity index is 343. The lowest BCUT2D eigenvalue weighted by molar-refractivity contribution is -0.114. The molecule has 0 N–H and O–H groups in total. The summed E-state index contributed by atoms with van der Waals surface area (Å²) in [7, 11) is 4.72. The van der Waals surface area contributed by atoms with Crippen LogP contribution in [0.4, 0.5) is 0 Å². The van der Waals surface area contributed by atoms with Crippen molar-refractivity contribution in [3.05, 3.63) is 23.5 Å². The van der Waals surface area contributed by atoms with Crippen LogP contribution in [-0.4, -0.2) is 38.8 Å². The maximum atomic E-state index is 11.4. The van der Waals surface area contributed by atoms with Gasteiger partial charge in [-0.05, 0) is 26.0 Å². The van der Waals surface area contributed by atoms with E-state index in [2.05, 4.69) is 0 Å². The number of carbonyl (C=O) groups excluding carboxylic acids is 1. The summed E-state index contributed by atoms with van der Waals surface area (Å²) in [6, 6.07) is 0. The van der Waals surface area contributed by atoms with E-state index in [0.717, 1.165) is 0 Å². The minimum Gasteiger partial charge on any atom is -0.498 e. The normalized spacial score (nSPS) is 29.4. The van der Waals surface area contributed by atoms with Gasteiger partial charge in [-0.1, -0.05) is 0 Å². The molecule has 0 amide bonds. The second kappa shape index (κ2) is 4.80. The fourth-order valence-corrected chi connectivity index (χ4v) is 1.79. The minimum atomic E-state index is -0.692. The Balaban J connectivity index is 3.19. The third-order valence-electron chi connectivity index (χ3n) is 2.95. The average Bonchev–Trinajstić information content (AvgIpc) is 2.28. The standard InChI is InChI=1S/C12H18O4/c1-8(13)9-6-10(14-3)12(2,16-5)11(7-9)15-4/h6-7,10H,1-5H3. The SMILES string of the molecule is COC1=CC(C(C)=O)=CC(OC)C1(C)OC. The average molecular weight is 226 g/mol. The molecule has 0 bridgehead atoms. The van der Waals surface area contributed by atoms with E-state index < -0.39 is 5.60 Å². The molecule has 0 spiro atoms. The lowest BCUT2D eigenvalue weighted by Gasteiger charge is -2.37. The van der Waals surface area contributed by atoms with Gasteiger partial charge in [0.1, 0.15) is 11.9 Å². The van der Waals surface area contributed by atoms with Crippen LogP contribution < -0.4 is 0 Å². The van der Waals surface area contributed by atoms with Gasteiger partial charge in [-0.15, -0.1) is 0 Å². The highest BCUT2D eigenvalue weighted by Crippen LogP contribution is 2.33. The Morgan fingerprint density at radius 3 is 2.38 bits per heavy atom. The fraction of sp³-hybridized carbons (Fsp3) is 0.583. The second-order valence-corrected chi connectivity index (χ2v) is 3.86. The number of hydrogen-bond donors (Lipinski definition) is 0. The van der Waals surface area contributed by atoms with Gasteiger partial charge in [0.05, 0.1) is 7.11 Å². The van der Waals surface area contributed by atoms with Crippen LogP contribution in [0.1, 0.15) is 13.8 Å². The van der Waals surface area contributed by atoms with E-state index in [1.165, 1.54) is 6.92 Å². The van der Waals surface area contributed by atoms with Crippen LogP contribution in [0.25, 0.3) is 0 Å². The summed E-state index contributed by atoms with van der Waals surface area (Å²) in [5, 5.41) is 0. The molecule has 0 aromatic rings. The lowest BCUT2D eigenvalue weighted by Crippen LogP contribution is -2.46. The molecule has 0 aromatic heterocycles. The molecule has 0 saturated carbocycles. The van der Waals surface area contributed by atoms with Crippen LogP contribution in [0.3, 0.4) is 0 Å². The van der Waals surface area contributed by atoms with Gasteiger partial charge in [-0.2, -0.15) is 0 Å². The van der Waals surface area contributed by atoms with E-state index in [-0.39, 0.29) is 11.9 Å². The number of ketones is 1. The van der Waals surface area contributed by atoms with Gasteiger partial charge in [-0.25, -0.2) is 0 Å². The zero-order chi connectivity index (χ0) is 12.3. The summed E-state index contributed by atoms with van der Waals surface area (Å²) in [4.78, 5) is 11.4. The first-order valence-corrected chi connectivity index (χ1v) is 5.06. The molecule has 16 heavy (non-hydrogen) atoms. The summed E-state index contributed by atoms with van der Waals surface area (Å²) in [5.41, 5.74) is -0.110. The van der Waals surface area contributed by atoms with Gasteiger partial charge in [0, 0.05) is 19.8 Å². The predicted octanol–water partition coefficient (Wildman–Crippen LogP) is 1.47. The molecule has 0 heterocycles. The maximum Gasteiger partial charge on any atom is 0.159 e. The summed E-state index contributed by atoms with van der Waals surface area (Å²) in [5.74, 6) is 0.573. The van der Waals surface area contributed by atoms with Gasteiger partial charge >= 0.3 is 0 Å². The Kier molecular flexibility index (Phi) is 3.88. The summed E-state index contributed by atoms with van der Waals surface area (Å²) in [6.45, 7) is 3.38. The van der Waals surface area contributed by atoms with Gasteiger partial charge in [-0.3, -0.25) is 4.79 Å². The molecule has 4 nitrogen and oxygen atoms in total. The minimum absolute atomic E-state index is 0.0187. The van der Waals surface area contributed by atoms with Crippen molar-refractivity contribution in [3.63, 3.8) is 0 Å². The molecule has 0 radical (unpaired) electrons. The van der Waals surface area contributed by atoms with Crippen molar-refractivity contribution in [3.8, 4) is 0 Å². The van der Waals surface area contributed by atoms with Crippen LogP contribution >= 0.6 is 0 Å². The maximum absolute atomic E-state index is 11.4. The third kappa shape index (κ3) is 2.03. The van der Waals surface area contributed by atoms with Crippen molar-refractivity contribution < 1.29 is 19.0 Å². The van der Waals surface area contributed by atoms with E-state index in [4.69, 9.17) is 14.2 Å². The summed E-state index contributed by atoms with van der Waals surface area (Å²) >= 11 is 0. The molecule has 90 valence electrons. The van der Waals surface area contributed by atoms with E-state index in [9.17, 15) is 4.79 Å². The topological polar surface area (TPSA) is 44.8 Å². The molecule has 0 fully saturated rings. The van der Waals surface area contributed by atoms with Crippen LogP contribution in [0.2, 0.25) is 0 Å². The predicted molar refractivity (Wildman–Crippen MR) is 60.1 cm³/mol. The summed E-state index contributed by atoms with van der Waals surface area (Å²) < 4.78 is 16.0. The van der Waals surface area contributed by atoms with Crippen LogP contribution in [0.15, 0.2) is 23.5 Å². The Morgan fingerprint density at radius 1 is 1.38 bits per heavy atom. The van der Waals surface area contributed by atoms with Gasteiger partial charge in [0.15, 0.2) is 11.4 Å². The molecule has 4 heteroatoms. The highest BCUT2D eigenvalue weighted by molar-refractivity contribution is 5.96. The monoisotopic (exact) mass is 226 g/mol. The van der Waals surface area contributed by atoms with Gasteiger partial charge < -0.3 is 14.2 Å². The lowest BCUT2D eigenvalue weighted by atomic mass is 9.87. The quantitative estimate of drug-likeness (QED) is 0.728. The van der Waals surface area contributed by atoms with Crippen LogP contribution in [-0.2, 0) is 19.0 Å². The number of ether oxygens (including phenoxy) is 3. The Labute approximate surface area is 95.9 Å². The molecule has 0 aromatic carbocycles. The molecule has 2 unspecified atom stereocenters. The number of rotatable bonds is 4. The van der Waals surface area contributed by atoms with Gasteiger partial charge in [0.25, 0.3) is 0 Å². The first kappa shape index (κ1) is 12.9. The fourth-order valence-electron chi connectivity index (χ4n) is 1.79. The molecule has 1 aliphatic rings.